The number of ether oxygens (including phenoxy) is 4. The number of hydrogen-bond donors (Lipinski definition) is 8. The van der Waals surface area contributed by atoms with Gasteiger partial charge in [-0.15, -0.1) is 0 Å². The van der Waals surface area contributed by atoms with E-state index < -0.39 is 107 Å². The van der Waals surface area contributed by atoms with Crippen LogP contribution in [0.5, 0.6) is 0 Å². The first-order chi connectivity index (χ1) is 26.8. The van der Waals surface area contributed by atoms with E-state index in [1.807, 2.05) is 26.8 Å². The molecule has 19 atom stereocenters. The van der Waals surface area contributed by atoms with Gasteiger partial charge in [-0.05, 0) is 110 Å². The Morgan fingerprint density at radius 1 is 0.683 bits per heavy atom. The molecule has 0 aromatic carbocycles. The second-order valence-electron chi connectivity index (χ2n) is 20.6. The number of fused-ring (bicyclic) bond motifs is 7. The number of aliphatic carboxylic acids is 3. The summed E-state index contributed by atoms with van der Waals surface area (Å²) < 4.78 is 23.4. The number of aliphatic hydroxyl groups is 5. The normalized spacial score (nSPS) is 50.8. The molecule has 16 nitrogen and oxygen atoms in total. The molecular weight excluding hydrogens is 839 g/mol. The molecular formula is C42H62K2O16+2. The molecule has 0 radical (unpaired) electrons. The van der Waals surface area contributed by atoms with Gasteiger partial charge < -0.3 is 59.8 Å². The van der Waals surface area contributed by atoms with Crippen molar-refractivity contribution in [1.82, 2.24) is 0 Å². The second-order valence-corrected chi connectivity index (χ2v) is 20.6. The molecule has 8 N–H and O–H groups in total. The largest absolute Gasteiger partial charge is 1.00 e. The van der Waals surface area contributed by atoms with Crippen LogP contribution in [-0.4, -0.2) is 132 Å². The van der Waals surface area contributed by atoms with Crippen LogP contribution in [0.1, 0.15) is 106 Å². The van der Waals surface area contributed by atoms with Gasteiger partial charge >= 0.3 is 121 Å². The summed E-state index contributed by atoms with van der Waals surface area (Å²) in [5, 5.41) is 83.0. The number of carboxylic acid groups (broad SMARTS) is 3. The standard InChI is InChI=1S/C42H62O16.2K/c1-37(2)21-8-11-42(7)31(20(43)16-18-19-17-39(4,36(53)54)13-12-38(19,3)14-15-41(18,42)6)40(21,5)10-9-22(37)55-35-30(26(47)25(46)29(57-35)33(51)52)58-34-27(48)23(44)24(45)28(56-34)32(49)50;;/h16,19,21-31,34-35,44-48H,8-15,17H2,1-7H3,(H,49,50)(H,51,52)(H,53,54);;/q;2*+1/t19-,21?,22-,23-,24-,25-,26-,27+,28-,29-,30+,31?,34+,35-,38+,39-,40-,41+,42+;;/m0../s1. The Kier molecular flexibility index (Phi) is 15.3. The van der Waals surface area contributed by atoms with Crippen molar-refractivity contribution >= 4 is 23.7 Å². The van der Waals surface area contributed by atoms with Gasteiger partial charge in [0.05, 0.1) is 11.5 Å². The fourth-order valence-electron chi connectivity index (χ4n) is 13.4. The van der Waals surface area contributed by atoms with Crippen LogP contribution >= 0.6 is 0 Å². The van der Waals surface area contributed by atoms with E-state index in [4.69, 9.17) is 18.9 Å². The topological polar surface area (TPSA) is 267 Å². The van der Waals surface area contributed by atoms with Crippen molar-refractivity contribution in [2.75, 3.05) is 0 Å². The Hall–Kier alpha value is 0.733. The number of carbonyl (C=O) groups excluding carboxylic acids is 1. The maximum Gasteiger partial charge on any atom is 1.00 e. The van der Waals surface area contributed by atoms with Gasteiger partial charge in [-0.1, -0.05) is 47.1 Å². The molecule has 0 aromatic heterocycles. The number of hydrogen-bond acceptors (Lipinski definition) is 13. The summed E-state index contributed by atoms with van der Waals surface area (Å²) in [5.74, 6) is -4.47. The molecule has 6 fully saturated rings. The number of carbonyl (C=O) groups is 4. The number of ketones is 1. The molecule has 0 spiro atoms. The molecule has 2 heterocycles. The van der Waals surface area contributed by atoms with E-state index in [1.165, 1.54) is 0 Å². The number of carboxylic acids is 3. The van der Waals surface area contributed by atoms with E-state index in [2.05, 4.69) is 27.7 Å². The van der Waals surface area contributed by atoms with E-state index in [-0.39, 0.29) is 137 Å². The Labute approximate surface area is 435 Å². The Balaban J connectivity index is 0.00000341. The minimum absolute atomic E-state index is 0. The zero-order chi connectivity index (χ0) is 42.9. The van der Waals surface area contributed by atoms with Crippen molar-refractivity contribution in [3.63, 3.8) is 0 Å². The third kappa shape index (κ3) is 7.97. The van der Waals surface area contributed by atoms with Crippen molar-refractivity contribution in [2.24, 2.45) is 50.2 Å². The van der Waals surface area contributed by atoms with E-state index in [1.54, 1.807) is 0 Å². The van der Waals surface area contributed by atoms with Crippen LogP contribution in [0.3, 0.4) is 0 Å². The third-order valence-electron chi connectivity index (χ3n) is 17.2. The molecule has 0 aromatic rings. The minimum atomic E-state index is -2.05. The first-order valence-electron chi connectivity index (χ1n) is 20.7. The van der Waals surface area contributed by atoms with E-state index in [0.717, 1.165) is 37.7 Å². The van der Waals surface area contributed by atoms with Crippen molar-refractivity contribution in [3.05, 3.63) is 11.6 Å². The summed E-state index contributed by atoms with van der Waals surface area (Å²) >= 11 is 0. The van der Waals surface area contributed by atoms with Gasteiger partial charge in [-0.25, -0.2) is 9.59 Å². The van der Waals surface area contributed by atoms with Gasteiger partial charge in [0.2, 0.25) is 0 Å². The Morgan fingerprint density at radius 2 is 1.25 bits per heavy atom. The van der Waals surface area contributed by atoms with E-state index >= 15 is 0 Å². The molecule has 7 rings (SSSR count). The van der Waals surface area contributed by atoms with Crippen LogP contribution in [-0.2, 0) is 38.1 Å². The van der Waals surface area contributed by atoms with Gasteiger partial charge in [0, 0.05) is 5.92 Å². The molecule has 18 heteroatoms. The quantitative estimate of drug-likeness (QED) is 0.0902. The molecule has 2 unspecified atom stereocenters. The molecule has 2 aliphatic heterocycles. The van der Waals surface area contributed by atoms with Crippen molar-refractivity contribution < 1.29 is 182 Å². The van der Waals surface area contributed by atoms with Crippen LogP contribution < -0.4 is 103 Å². The van der Waals surface area contributed by atoms with Crippen molar-refractivity contribution in [2.45, 2.75) is 174 Å². The number of allylic oxidation sites excluding steroid dienone is 2. The molecule has 326 valence electrons. The van der Waals surface area contributed by atoms with Crippen LogP contribution in [0.2, 0.25) is 0 Å². The molecule has 5 aliphatic carbocycles. The third-order valence-corrected chi connectivity index (χ3v) is 17.2. The van der Waals surface area contributed by atoms with E-state index in [0.29, 0.717) is 25.7 Å². The summed E-state index contributed by atoms with van der Waals surface area (Å²) in [4.78, 5) is 51.3. The first kappa shape index (κ1) is 51.7. The molecule has 0 bridgehead atoms. The average molecular weight is 901 g/mol. The van der Waals surface area contributed by atoms with Gasteiger partial charge in [0.25, 0.3) is 0 Å². The molecule has 7 aliphatic rings. The van der Waals surface area contributed by atoms with Gasteiger partial charge in [0.1, 0.15) is 36.6 Å². The predicted molar refractivity (Wildman–Crippen MR) is 199 cm³/mol. The Morgan fingerprint density at radius 3 is 1.83 bits per heavy atom. The molecule has 2 saturated heterocycles. The fourth-order valence-corrected chi connectivity index (χ4v) is 13.4. The summed E-state index contributed by atoms with van der Waals surface area (Å²) in [6.45, 7) is 14.8. The van der Waals surface area contributed by atoms with Crippen LogP contribution in [0.25, 0.3) is 0 Å². The van der Waals surface area contributed by atoms with E-state index in [9.17, 15) is 60.0 Å². The monoisotopic (exact) mass is 900 g/mol. The molecule has 0 amide bonds. The van der Waals surface area contributed by atoms with Crippen molar-refractivity contribution in [1.29, 1.82) is 0 Å². The summed E-state index contributed by atoms with van der Waals surface area (Å²) in [6, 6.07) is 0. The predicted octanol–water partition coefficient (Wildman–Crippen LogP) is -3.75. The van der Waals surface area contributed by atoms with Crippen LogP contribution in [0.4, 0.5) is 0 Å². The summed E-state index contributed by atoms with van der Waals surface area (Å²) in [5.41, 5.74) is -1.81. The van der Waals surface area contributed by atoms with Gasteiger partial charge in [-0.2, -0.15) is 0 Å². The summed E-state index contributed by atoms with van der Waals surface area (Å²) in [7, 11) is 0. The first-order valence-corrected chi connectivity index (χ1v) is 20.7. The number of rotatable bonds is 7. The second kappa shape index (κ2) is 17.8. The smallest absolute Gasteiger partial charge is 0.481 e. The zero-order valence-electron chi connectivity index (χ0n) is 36.4. The molecule has 4 saturated carbocycles. The van der Waals surface area contributed by atoms with Crippen molar-refractivity contribution in [3.8, 4) is 0 Å². The minimum Gasteiger partial charge on any atom is -0.481 e. The Bertz CT molecular complexity index is 1740. The number of aliphatic hydroxyl groups excluding tert-OH is 5. The fraction of sp³-hybridized carbons (Fsp3) is 0.857. The maximum atomic E-state index is 14.8. The van der Waals surface area contributed by atoms with Crippen LogP contribution in [0.15, 0.2) is 11.6 Å². The average Bonchev–Trinajstić information content (AvgIpc) is 3.13. The van der Waals surface area contributed by atoms with Crippen LogP contribution in [0, 0.1) is 50.2 Å². The molecule has 60 heavy (non-hydrogen) atoms. The zero-order valence-corrected chi connectivity index (χ0v) is 42.6. The van der Waals surface area contributed by atoms with Gasteiger partial charge in [0.15, 0.2) is 30.6 Å². The maximum absolute atomic E-state index is 14.8. The summed E-state index contributed by atoms with van der Waals surface area (Å²) in [6.07, 6.45) is -12.2. The van der Waals surface area contributed by atoms with Gasteiger partial charge in [-0.3, -0.25) is 9.59 Å². The SMILES string of the molecule is CC1(C)C2CC[C@]3(C)C(C(=O)C=C4[C@@H]5C[C@@](C)(C(=O)O)CC[C@]5(C)CC[C@]43C)[C@@]2(C)CC[C@@H]1O[C@H]1O[C@H](C(=O)O)[C@@H](O)[C@H](O)[C@H]1O[C@H]1O[C@H](C(=O)O)[C@@H](O)[C@H](O)[C@H]1O.[K+].[K+].